The Labute approximate surface area is 123 Å². The molecule has 0 aliphatic rings. The van der Waals surface area contributed by atoms with Crippen molar-refractivity contribution in [1.82, 2.24) is 10.0 Å². The molecule has 0 aromatic heterocycles. The first kappa shape index (κ1) is 17.1. The molecule has 1 aromatic rings. The summed E-state index contributed by atoms with van der Waals surface area (Å²) in [6.45, 7) is 8.10. The first-order valence-electron chi connectivity index (χ1n) is 7.05. The van der Waals surface area contributed by atoms with Crippen LogP contribution in [0.5, 0.6) is 0 Å². The van der Waals surface area contributed by atoms with E-state index < -0.39 is 10.0 Å². The van der Waals surface area contributed by atoms with Gasteiger partial charge in [-0.15, -0.1) is 0 Å². The van der Waals surface area contributed by atoms with Crippen molar-refractivity contribution in [3.8, 4) is 0 Å². The van der Waals surface area contributed by atoms with Gasteiger partial charge in [-0.05, 0) is 50.9 Å². The normalized spacial score (nSPS) is 15.3. The van der Waals surface area contributed by atoms with Crippen LogP contribution in [-0.4, -0.2) is 21.5 Å². The predicted octanol–water partition coefficient (Wildman–Crippen LogP) is 2.68. The number of hydrogen-bond acceptors (Lipinski definition) is 3. The van der Waals surface area contributed by atoms with E-state index >= 15 is 0 Å². The summed E-state index contributed by atoms with van der Waals surface area (Å²) in [6.07, 6.45) is 0.827. The van der Waals surface area contributed by atoms with Crippen LogP contribution in [0.4, 0.5) is 0 Å². The summed E-state index contributed by atoms with van der Waals surface area (Å²) < 4.78 is 27.2. The fourth-order valence-corrected chi connectivity index (χ4v) is 3.45. The molecule has 0 aliphatic heterocycles. The summed E-state index contributed by atoms with van der Waals surface area (Å²) in [5.74, 6) is 0.464. The number of benzene rings is 1. The Bertz CT molecular complexity index is 509. The number of rotatable bonds is 7. The van der Waals surface area contributed by atoms with Crippen LogP contribution in [0.25, 0.3) is 0 Å². The molecule has 2 unspecified atom stereocenters. The van der Waals surface area contributed by atoms with Crippen molar-refractivity contribution in [2.45, 2.75) is 51.1 Å². The van der Waals surface area contributed by atoms with Crippen LogP contribution in [-0.2, 0) is 10.0 Å². The zero-order valence-electron chi connectivity index (χ0n) is 13.0. The summed E-state index contributed by atoms with van der Waals surface area (Å²) in [4.78, 5) is 0.320. The van der Waals surface area contributed by atoms with E-state index in [1.165, 1.54) is 0 Å². The molecule has 0 bridgehead atoms. The third kappa shape index (κ3) is 4.89. The van der Waals surface area contributed by atoms with Crippen LogP contribution in [0.15, 0.2) is 29.2 Å². The molecule has 114 valence electrons. The number of sulfonamides is 1. The zero-order chi connectivity index (χ0) is 15.3. The highest BCUT2D eigenvalue weighted by molar-refractivity contribution is 7.89. The van der Waals surface area contributed by atoms with Crippen LogP contribution >= 0.6 is 0 Å². The van der Waals surface area contributed by atoms with E-state index in [1.807, 2.05) is 33.0 Å². The molecule has 0 aliphatic carbocycles. The molecule has 5 heteroatoms. The van der Waals surface area contributed by atoms with Gasteiger partial charge in [-0.2, -0.15) is 0 Å². The minimum absolute atomic E-state index is 0.0593. The SMILES string of the molecule is CNC(C)c1ccc(S(=O)(=O)NC(C)CC(C)C)cc1. The van der Waals surface area contributed by atoms with Gasteiger partial charge in [0.25, 0.3) is 0 Å². The van der Waals surface area contributed by atoms with Crippen molar-refractivity contribution >= 4 is 10.0 Å². The Morgan fingerprint density at radius 2 is 1.60 bits per heavy atom. The van der Waals surface area contributed by atoms with E-state index in [1.54, 1.807) is 12.1 Å². The van der Waals surface area contributed by atoms with Crippen LogP contribution in [0.1, 0.15) is 45.7 Å². The van der Waals surface area contributed by atoms with Gasteiger partial charge in [-0.25, -0.2) is 13.1 Å². The zero-order valence-corrected chi connectivity index (χ0v) is 13.8. The highest BCUT2D eigenvalue weighted by Crippen LogP contribution is 2.16. The van der Waals surface area contributed by atoms with Gasteiger partial charge in [-0.1, -0.05) is 26.0 Å². The molecule has 4 nitrogen and oxygen atoms in total. The Balaban J connectivity index is 2.82. The largest absolute Gasteiger partial charge is 0.313 e. The summed E-state index contributed by atoms with van der Waals surface area (Å²) in [5.41, 5.74) is 1.07. The van der Waals surface area contributed by atoms with E-state index in [0.717, 1.165) is 12.0 Å². The van der Waals surface area contributed by atoms with Crippen LogP contribution in [0.3, 0.4) is 0 Å². The van der Waals surface area contributed by atoms with Gasteiger partial charge >= 0.3 is 0 Å². The fourth-order valence-electron chi connectivity index (χ4n) is 2.19. The van der Waals surface area contributed by atoms with Crippen molar-refractivity contribution in [2.75, 3.05) is 7.05 Å². The van der Waals surface area contributed by atoms with E-state index in [0.29, 0.717) is 10.8 Å². The molecular formula is C15H26N2O2S. The average Bonchev–Trinajstić information content (AvgIpc) is 2.36. The maximum absolute atomic E-state index is 12.2. The summed E-state index contributed by atoms with van der Waals surface area (Å²) >= 11 is 0. The lowest BCUT2D eigenvalue weighted by atomic mass is 10.1. The Kier molecular flexibility index (Phi) is 6.17. The lowest BCUT2D eigenvalue weighted by Crippen LogP contribution is -2.33. The van der Waals surface area contributed by atoms with Crippen LogP contribution in [0.2, 0.25) is 0 Å². The lowest BCUT2D eigenvalue weighted by Gasteiger charge is -2.17. The monoisotopic (exact) mass is 298 g/mol. The minimum atomic E-state index is -3.42. The topological polar surface area (TPSA) is 58.2 Å². The molecule has 0 saturated heterocycles. The first-order valence-corrected chi connectivity index (χ1v) is 8.54. The van der Waals surface area contributed by atoms with Gasteiger partial charge < -0.3 is 5.32 Å². The molecular weight excluding hydrogens is 272 g/mol. The van der Waals surface area contributed by atoms with E-state index in [-0.39, 0.29) is 12.1 Å². The number of nitrogens with one attached hydrogen (secondary N) is 2. The molecule has 0 amide bonds. The second kappa shape index (κ2) is 7.20. The summed E-state index contributed by atoms with van der Waals surface area (Å²) in [5, 5.41) is 3.13. The average molecular weight is 298 g/mol. The molecule has 0 saturated carbocycles. The second-order valence-electron chi connectivity index (χ2n) is 5.73. The van der Waals surface area contributed by atoms with Crippen LogP contribution in [0, 0.1) is 5.92 Å². The highest BCUT2D eigenvalue weighted by atomic mass is 32.2. The lowest BCUT2D eigenvalue weighted by molar-refractivity contribution is 0.482. The van der Waals surface area contributed by atoms with Crippen molar-refractivity contribution in [1.29, 1.82) is 0 Å². The molecule has 1 rings (SSSR count). The van der Waals surface area contributed by atoms with Gasteiger partial charge in [-0.3, -0.25) is 0 Å². The molecule has 0 spiro atoms. The maximum atomic E-state index is 12.2. The quantitative estimate of drug-likeness (QED) is 0.813. The van der Waals surface area contributed by atoms with Crippen LogP contribution < -0.4 is 10.0 Å². The second-order valence-corrected chi connectivity index (χ2v) is 7.45. The van der Waals surface area contributed by atoms with E-state index in [4.69, 9.17) is 0 Å². The molecule has 1 aromatic carbocycles. The smallest absolute Gasteiger partial charge is 0.240 e. The third-order valence-electron chi connectivity index (χ3n) is 3.30. The van der Waals surface area contributed by atoms with Gasteiger partial charge in [0.2, 0.25) is 10.0 Å². The van der Waals surface area contributed by atoms with Gasteiger partial charge in [0, 0.05) is 12.1 Å². The molecule has 0 heterocycles. The minimum Gasteiger partial charge on any atom is -0.313 e. The van der Waals surface area contributed by atoms with Crippen molar-refractivity contribution in [3.05, 3.63) is 29.8 Å². The van der Waals surface area contributed by atoms with Gasteiger partial charge in [0.15, 0.2) is 0 Å². The number of hydrogen-bond donors (Lipinski definition) is 2. The molecule has 0 fully saturated rings. The van der Waals surface area contributed by atoms with Crippen molar-refractivity contribution in [2.24, 2.45) is 5.92 Å². The Morgan fingerprint density at radius 1 is 1.05 bits per heavy atom. The Hall–Kier alpha value is -0.910. The highest BCUT2D eigenvalue weighted by Gasteiger charge is 2.18. The molecule has 2 N–H and O–H groups in total. The molecule has 2 atom stereocenters. The van der Waals surface area contributed by atoms with Crippen molar-refractivity contribution < 1.29 is 8.42 Å². The third-order valence-corrected chi connectivity index (χ3v) is 4.91. The molecule has 0 radical (unpaired) electrons. The van der Waals surface area contributed by atoms with Gasteiger partial charge in [0.1, 0.15) is 0 Å². The van der Waals surface area contributed by atoms with Crippen molar-refractivity contribution in [3.63, 3.8) is 0 Å². The van der Waals surface area contributed by atoms with E-state index in [2.05, 4.69) is 23.9 Å². The van der Waals surface area contributed by atoms with E-state index in [9.17, 15) is 8.42 Å². The predicted molar refractivity (Wildman–Crippen MR) is 83.2 cm³/mol. The maximum Gasteiger partial charge on any atom is 0.240 e. The standard InChI is InChI=1S/C15H26N2O2S/c1-11(2)10-12(3)17-20(18,19)15-8-6-14(7-9-15)13(4)16-5/h6-9,11-13,16-17H,10H2,1-5H3. The fraction of sp³-hybridized carbons (Fsp3) is 0.600. The summed E-state index contributed by atoms with van der Waals surface area (Å²) in [6, 6.07) is 7.17. The Morgan fingerprint density at radius 3 is 2.05 bits per heavy atom. The summed E-state index contributed by atoms with van der Waals surface area (Å²) in [7, 11) is -1.55. The van der Waals surface area contributed by atoms with Gasteiger partial charge in [0.05, 0.1) is 4.90 Å². The first-order chi connectivity index (χ1) is 9.26. The molecule has 20 heavy (non-hydrogen) atoms.